The van der Waals surface area contributed by atoms with E-state index in [4.69, 9.17) is 9.97 Å². The molecule has 2 amide bonds. The van der Waals surface area contributed by atoms with Crippen LogP contribution in [0.1, 0.15) is 38.7 Å². The predicted octanol–water partition coefficient (Wildman–Crippen LogP) is 2.52. The van der Waals surface area contributed by atoms with Crippen molar-refractivity contribution in [3.63, 3.8) is 0 Å². The topological polar surface area (TPSA) is 103 Å². The van der Waals surface area contributed by atoms with Gasteiger partial charge in [0.2, 0.25) is 17.8 Å². The molecule has 1 unspecified atom stereocenters. The molecule has 0 aromatic carbocycles. The van der Waals surface area contributed by atoms with Crippen molar-refractivity contribution in [2.75, 3.05) is 43.4 Å². The third-order valence-corrected chi connectivity index (χ3v) is 6.73. The molecule has 9 nitrogen and oxygen atoms in total. The van der Waals surface area contributed by atoms with Gasteiger partial charge < -0.3 is 20.4 Å². The van der Waals surface area contributed by atoms with Crippen LogP contribution in [0.25, 0.3) is 11.0 Å². The van der Waals surface area contributed by atoms with Crippen LogP contribution in [-0.4, -0.2) is 70.9 Å². The second-order valence-corrected chi connectivity index (χ2v) is 10.2. The molecule has 0 bridgehead atoms. The lowest BCUT2D eigenvalue weighted by atomic mass is 9.79. The number of aryl methyl sites for hydroxylation is 1. The summed E-state index contributed by atoms with van der Waals surface area (Å²) in [6.07, 6.45) is 5.39. The van der Waals surface area contributed by atoms with Crippen molar-refractivity contribution in [3.05, 3.63) is 30.5 Å². The number of fused-ring (bicyclic) bond motifs is 1. The molecule has 2 aliphatic rings. The number of carbonyl (C=O) groups is 2. The van der Waals surface area contributed by atoms with E-state index in [9.17, 15) is 9.59 Å². The fourth-order valence-electron chi connectivity index (χ4n) is 5.04. The number of carbonyl (C=O) groups excluding carboxylic acids is 2. The molecule has 1 spiro atoms. The van der Waals surface area contributed by atoms with Crippen molar-refractivity contribution >= 4 is 34.6 Å². The largest absolute Gasteiger partial charge is 0.365 e. The van der Waals surface area contributed by atoms with Crippen LogP contribution in [0.5, 0.6) is 0 Å². The Morgan fingerprint density at radius 2 is 2.03 bits per heavy atom. The quantitative estimate of drug-likeness (QED) is 0.578. The summed E-state index contributed by atoms with van der Waals surface area (Å²) in [5, 5.41) is 6.24. The van der Waals surface area contributed by atoms with Crippen molar-refractivity contribution in [2.45, 2.75) is 46.1 Å². The summed E-state index contributed by atoms with van der Waals surface area (Å²) in [6, 6.07) is 1.96. The third-order valence-electron chi connectivity index (χ3n) is 6.73. The van der Waals surface area contributed by atoms with Gasteiger partial charge in [0.05, 0.1) is 5.52 Å². The summed E-state index contributed by atoms with van der Waals surface area (Å²) in [6.45, 7) is 13.0. The zero-order chi connectivity index (χ0) is 24.5. The van der Waals surface area contributed by atoms with E-state index in [2.05, 4.69) is 40.9 Å². The maximum Gasteiger partial charge on any atom is 0.245 e. The summed E-state index contributed by atoms with van der Waals surface area (Å²) < 4.78 is 0. The smallest absolute Gasteiger partial charge is 0.245 e. The zero-order valence-electron chi connectivity index (χ0n) is 20.6. The number of rotatable bonds is 8. The molecule has 2 saturated heterocycles. The van der Waals surface area contributed by atoms with Gasteiger partial charge in [0.1, 0.15) is 5.52 Å². The maximum atomic E-state index is 12.1. The first-order valence-electron chi connectivity index (χ1n) is 12.0. The molecule has 1 atom stereocenters. The Kier molecular flexibility index (Phi) is 6.72. The number of anilines is 2. The molecule has 182 valence electrons. The van der Waals surface area contributed by atoms with Crippen LogP contribution in [0.3, 0.4) is 0 Å². The highest BCUT2D eigenvalue weighted by Gasteiger charge is 2.49. The van der Waals surface area contributed by atoms with Crippen molar-refractivity contribution in [1.29, 1.82) is 0 Å². The lowest BCUT2D eigenvalue weighted by Crippen LogP contribution is -2.59. The molecule has 2 aliphatic heterocycles. The van der Waals surface area contributed by atoms with E-state index in [0.29, 0.717) is 29.6 Å². The number of nitrogens with one attached hydrogen (secondary N) is 2. The van der Waals surface area contributed by atoms with Gasteiger partial charge in [-0.05, 0) is 43.4 Å². The number of hydrogen-bond acceptors (Lipinski definition) is 7. The van der Waals surface area contributed by atoms with Crippen molar-refractivity contribution < 1.29 is 9.59 Å². The average Bonchev–Trinajstić information content (AvgIpc) is 3.22. The monoisotopic (exact) mass is 465 g/mol. The Morgan fingerprint density at radius 1 is 1.26 bits per heavy atom. The molecular formula is C25H35N7O2. The third kappa shape index (κ3) is 4.98. The standard InChI is InChI=1S/C25H35N7O2/c1-6-21(34)32-14-25(15-32)7-8-31(13-25)24-29-19-10-17(4)12-27-22(19)23(30-24)28-18(9-16(2)3)11-20(33)26-5/h6,10,12,16,18H,1,7-9,11,13-15H2,2-5H3,(H,26,33)(H,28,29,30). The lowest BCUT2D eigenvalue weighted by Gasteiger charge is -2.47. The number of aromatic nitrogens is 3. The number of likely N-dealkylation sites (tertiary alicyclic amines) is 1. The molecule has 2 N–H and O–H groups in total. The average molecular weight is 466 g/mol. The van der Waals surface area contributed by atoms with E-state index in [-0.39, 0.29) is 23.3 Å². The van der Waals surface area contributed by atoms with Crippen molar-refractivity contribution in [2.24, 2.45) is 11.3 Å². The summed E-state index contributed by atoms with van der Waals surface area (Å²) in [7, 11) is 1.66. The number of nitrogens with zero attached hydrogens (tertiary/aromatic N) is 5. The molecule has 0 radical (unpaired) electrons. The van der Waals surface area contributed by atoms with E-state index in [1.165, 1.54) is 6.08 Å². The highest BCUT2D eigenvalue weighted by atomic mass is 16.2. The highest BCUT2D eigenvalue weighted by Crippen LogP contribution is 2.41. The first-order valence-corrected chi connectivity index (χ1v) is 12.0. The molecule has 34 heavy (non-hydrogen) atoms. The second-order valence-electron chi connectivity index (χ2n) is 10.2. The van der Waals surface area contributed by atoms with Crippen molar-refractivity contribution in [1.82, 2.24) is 25.2 Å². The summed E-state index contributed by atoms with van der Waals surface area (Å²) in [5.41, 5.74) is 2.62. The van der Waals surface area contributed by atoms with Crippen LogP contribution >= 0.6 is 0 Å². The molecule has 4 heterocycles. The second kappa shape index (κ2) is 9.56. The zero-order valence-corrected chi connectivity index (χ0v) is 20.6. The van der Waals surface area contributed by atoms with Crippen LogP contribution in [0.4, 0.5) is 11.8 Å². The van der Waals surface area contributed by atoms with Gasteiger partial charge >= 0.3 is 0 Å². The Bertz CT molecular complexity index is 1090. The molecule has 0 aliphatic carbocycles. The Hall–Kier alpha value is -3.23. The lowest BCUT2D eigenvalue weighted by molar-refractivity contribution is -0.136. The number of hydrogen-bond donors (Lipinski definition) is 2. The van der Waals surface area contributed by atoms with Crippen LogP contribution < -0.4 is 15.5 Å². The van der Waals surface area contributed by atoms with Gasteiger partial charge in [0, 0.05) is 57.3 Å². The summed E-state index contributed by atoms with van der Waals surface area (Å²) in [5.74, 6) is 1.73. The number of pyridine rings is 1. The van der Waals surface area contributed by atoms with Gasteiger partial charge in [-0.15, -0.1) is 0 Å². The van der Waals surface area contributed by atoms with Crippen LogP contribution in [0, 0.1) is 18.3 Å². The summed E-state index contributed by atoms with van der Waals surface area (Å²) >= 11 is 0. The van der Waals surface area contributed by atoms with Gasteiger partial charge in [-0.2, -0.15) is 4.98 Å². The number of amides is 2. The summed E-state index contributed by atoms with van der Waals surface area (Å²) in [4.78, 5) is 42.5. The fourth-order valence-corrected chi connectivity index (χ4v) is 5.04. The van der Waals surface area contributed by atoms with Crippen molar-refractivity contribution in [3.8, 4) is 0 Å². The van der Waals surface area contributed by atoms with Crippen LogP contribution in [0.2, 0.25) is 0 Å². The Morgan fingerprint density at radius 3 is 2.71 bits per heavy atom. The van der Waals surface area contributed by atoms with E-state index >= 15 is 0 Å². The first-order chi connectivity index (χ1) is 16.2. The van der Waals surface area contributed by atoms with E-state index in [1.54, 1.807) is 7.05 Å². The molecular weight excluding hydrogens is 430 g/mol. The minimum Gasteiger partial charge on any atom is -0.365 e. The highest BCUT2D eigenvalue weighted by molar-refractivity contribution is 5.88. The maximum absolute atomic E-state index is 12.1. The Labute approximate surface area is 201 Å². The van der Waals surface area contributed by atoms with E-state index in [1.807, 2.05) is 24.1 Å². The Balaban J connectivity index is 1.61. The van der Waals surface area contributed by atoms with Gasteiger partial charge in [-0.3, -0.25) is 14.6 Å². The normalized spacial score (nSPS) is 17.7. The minimum absolute atomic E-state index is 0.00798. The fraction of sp³-hybridized carbons (Fsp3) is 0.560. The molecule has 0 saturated carbocycles. The van der Waals surface area contributed by atoms with Gasteiger partial charge in [-0.25, -0.2) is 4.98 Å². The molecule has 2 aromatic heterocycles. The van der Waals surface area contributed by atoms with Crippen LogP contribution in [0.15, 0.2) is 24.9 Å². The van der Waals surface area contributed by atoms with E-state index < -0.39 is 0 Å². The SMILES string of the molecule is C=CC(=O)N1CC2(CCN(c3nc(NC(CC(=O)NC)CC(C)C)c4ncc(C)cc4n3)C2)C1. The van der Waals surface area contributed by atoms with Crippen LogP contribution in [-0.2, 0) is 9.59 Å². The predicted molar refractivity (Wildman–Crippen MR) is 134 cm³/mol. The molecule has 2 fully saturated rings. The minimum atomic E-state index is -0.0657. The molecule has 9 heteroatoms. The van der Waals surface area contributed by atoms with Gasteiger partial charge in [-0.1, -0.05) is 20.4 Å². The van der Waals surface area contributed by atoms with E-state index in [0.717, 1.165) is 50.1 Å². The first kappa shape index (κ1) is 23.9. The van der Waals surface area contributed by atoms with Gasteiger partial charge in [0.25, 0.3) is 0 Å². The molecule has 4 rings (SSSR count). The molecule has 2 aromatic rings. The van der Waals surface area contributed by atoms with Gasteiger partial charge in [0.15, 0.2) is 5.82 Å².